The average Bonchev–Trinajstić information content (AvgIpc) is 2.98. The first kappa shape index (κ1) is 15.5. The molecule has 1 aromatic heterocycles. The number of rotatable bonds is 3. The quantitative estimate of drug-likeness (QED) is 0.935. The van der Waals surface area contributed by atoms with Crippen LogP contribution in [0.15, 0.2) is 34.5 Å². The van der Waals surface area contributed by atoms with Crippen molar-refractivity contribution in [1.29, 1.82) is 0 Å². The van der Waals surface area contributed by atoms with Crippen LogP contribution in [-0.4, -0.2) is 20.1 Å². The molecule has 1 aromatic carbocycles. The van der Waals surface area contributed by atoms with Gasteiger partial charge in [0.25, 0.3) is 10.0 Å². The number of aryl methyl sites for hydroxylation is 2. The molecule has 0 radical (unpaired) electrons. The van der Waals surface area contributed by atoms with Crippen LogP contribution < -0.4 is 4.31 Å². The fourth-order valence-electron chi connectivity index (χ4n) is 2.83. The number of fused-ring (bicyclic) bond motifs is 1. The molecule has 1 aliphatic rings. The molecular formula is C16H19NO3S2. The van der Waals surface area contributed by atoms with Crippen LogP contribution in [-0.2, 0) is 16.4 Å². The minimum atomic E-state index is -3.57. The van der Waals surface area contributed by atoms with E-state index in [4.69, 9.17) is 0 Å². The van der Waals surface area contributed by atoms with Gasteiger partial charge in [0.1, 0.15) is 4.21 Å². The van der Waals surface area contributed by atoms with Crippen molar-refractivity contribution in [2.75, 3.05) is 10.8 Å². The van der Waals surface area contributed by atoms with Crippen LogP contribution in [0.3, 0.4) is 0 Å². The van der Waals surface area contributed by atoms with Gasteiger partial charge < -0.3 is 5.11 Å². The summed E-state index contributed by atoms with van der Waals surface area (Å²) < 4.78 is 27.8. The van der Waals surface area contributed by atoms with Crippen LogP contribution in [0, 0.1) is 6.92 Å². The third-order valence-electron chi connectivity index (χ3n) is 4.01. The van der Waals surface area contributed by atoms with E-state index in [0.29, 0.717) is 28.4 Å². The molecule has 4 nitrogen and oxygen atoms in total. The maximum atomic E-state index is 13.0. The first-order chi connectivity index (χ1) is 10.4. The van der Waals surface area contributed by atoms with Crippen molar-refractivity contribution in [3.05, 3.63) is 46.3 Å². The number of thiophene rings is 1. The second-order valence-electron chi connectivity index (χ2n) is 5.47. The molecule has 0 fully saturated rings. The first-order valence-corrected chi connectivity index (χ1v) is 9.60. The summed E-state index contributed by atoms with van der Waals surface area (Å²) in [6, 6.07) is 9.09. The lowest BCUT2D eigenvalue weighted by molar-refractivity contribution is 0.166. The summed E-state index contributed by atoms with van der Waals surface area (Å²) in [6.07, 6.45) is 0.645. The van der Waals surface area contributed by atoms with E-state index in [2.05, 4.69) is 0 Å². The van der Waals surface area contributed by atoms with E-state index in [1.54, 1.807) is 12.1 Å². The zero-order valence-electron chi connectivity index (χ0n) is 12.6. The first-order valence-electron chi connectivity index (χ1n) is 7.34. The highest BCUT2D eigenvalue weighted by Gasteiger charge is 2.34. The summed E-state index contributed by atoms with van der Waals surface area (Å²) in [5, 5.41) is 10.2. The van der Waals surface area contributed by atoms with Crippen LogP contribution in [0.1, 0.15) is 35.5 Å². The Kier molecular flexibility index (Phi) is 4.01. The Labute approximate surface area is 135 Å². The highest BCUT2D eigenvalue weighted by molar-refractivity contribution is 7.94. The van der Waals surface area contributed by atoms with Gasteiger partial charge in [0.2, 0.25) is 0 Å². The van der Waals surface area contributed by atoms with Gasteiger partial charge in [0.15, 0.2) is 0 Å². The minimum absolute atomic E-state index is 0.306. The molecule has 0 saturated carbocycles. The maximum absolute atomic E-state index is 13.0. The van der Waals surface area contributed by atoms with Crippen molar-refractivity contribution in [1.82, 2.24) is 0 Å². The third-order valence-corrected chi connectivity index (χ3v) is 7.51. The smallest absolute Gasteiger partial charge is 0.273 e. The van der Waals surface area contributed by atoms with E-state index in [9.17, 15) is 13.5 Å². The summed E-state index contributed by atoms with van der Waals surface area (Å²) in [5.41, 5.74) is 2.20. The average molecular weight is 337 g/mol. The Morgan fingerprint density at radius 2 is 2.09 bits per heavy atom. The second kappa shape index (κ2) is 5.68. The molecule has 0 bridgehead atoms. The molecule has 22 heavy (non-hydrogen) atoms. The highest BCUT2D eigenvalue weighted by Crippen LogP contribution is 2.40. The van der Waals surface area contributed by atoms with Crippen molar-refractivity contribution >= 4 is 27.0 Å². The van der Waals surface area contributed by atoms with Gasteiger partial charge in [-0.25, -0.2) is 8.42 Å². The molecule has 0 aliphatic carbocycles. The summed E-state index contributed by atoms with van der Waals surface area (Å²) in [5.74, 6) is 0. The minimum Gasteiger partial charge on any atom is -0.388 e. The second-order valence-corrected chi connectivity index (χ2v) is 8.73. The molecule has 1 N–H and O–H groups in total. The molecule has 0 saturated heterocycles. The molecule has 118 valence electrons. The van der Waals surface area contributed by atoms with Crippen molar-refractivity contribution in [3.63, 3.8) is 0 Å². The topological polar surface area (TPSA) is 57.6 Å². The van der Waals surface area contributed by atoms with E-state index in [-0.39, 0.29) is 0 Å². The van der Waals surface area contributed by atoms with E-state index in [1.165, 1.54) is 15.6 Å². The lowest BCUT2D eigenvalue weighted by atomic mass is 9.98. The molecule has 1 unspecified atom stereocenters. The lowest BCUT2D eigenvalue weighted by Gasteiger charge is -2.33. The van der Waals surface area contributed by atoms with E-state index in [0.717, 1.165) is 16.9 Å². The van der Waals surface area contributed by atoms with Gasteiger partial charge in [-0.15, -0.1) is 11.3 Å². The monoisotopic (exact) mass is 337 g/mol. The number of aliphatic hydroxyl groups excluding tert-OH is 1. The highest BCUT2D eigenvalue weighted by atomic mass is 32.2. The van der Waals surface area contributed by atoms with Crippen molar-refractivity contribution < 1.29 is 13.5 Å². The van der Waals surface area contributed by atoms with Gasteiger partial charge in [-0.1, -0.05) is 25.1 Å². The number of aliphatic hydroxyl groups is 1. The molecule has 2 aromatic rings. The zero-order chi connectivity index (χ0) is 15.9. The Morgan fingerprint density at radius 1 is 1.32 bits per heavy atom. The number of sulfonamides is 1. The predicted octanol–water partition coefficient (Wildman–Crippen LogP) is 3.25. The summed E-state index contributed by atoms with van der Waals surface area (Å²) in [7, 11) is -3.57. The Morgan fingerprint density at radius 3 is 2.77 bits per heavy atom. The van der Waals surface area contributed by atoms with Crippen LogP contribution in [0.25, 0.3) is 0 Å². The molecule has 2 heterocycles. The third kappa shape index (κ3) is 2.45. The van der Waals surface area contributed by atoms with E-state index < -0.39 is 16.1 Å². The van der Waals surface area contributed by atoms with Crippen LogP contribution in [0.5, 0.6) is 0 Å². The van der Waals surface area contributed by atoms with Gasteiger partial charge in [-0.3, -0.25) is 4.31 Å². The fraction of sp³-hybridized carbons (Fsp3) is 0.375. The molecule has 1 atom stereocenters. The van der Waals surface area contributed by atoms with Crippen molar-refractivity contribution in [3.8, 4) is 0 Å². The summed E-state index contributed by atoms with van der Waals surface area (Å²) in [6.45, 7) is 4.20. The largest absolute Gasteiger partial charge is 0.388 e. The number of benzene rings is 1. The standard InChI is InChI=1S/C16H19NO3S2/c1-3-12-7-8-15(21-12)22(19,20)17-10-9-14(18)13-6-4-5-11(2)16(13)17/h4-8,14,18H,3,9-10H2,1-2H3. The SMILES string of the molecule is CCc1ccc(S(=O)(=O)N2CCC(O)c3cccc(C)c32)s1. The summed E-state index contributed by atoms with van der Waals surface area (Å²) >= 11 is 1.32. The molecule has 6 heteroatoms. The normalized spacial score (nSPS) is 18.3. The van der Waals surface area contributed by atoms with Gasteiger partial charge in [0.05, 0.1) is 11.8 Å². The van der Waals surface area contributed by atoms with Gasteiger partial charge in [0, 0.05) is 17.0 Å². The van der Waals surface area contributed by atoms with Crippen LogP contribution in [0.4, 0.5) is 5.69 Å². The fourth-order valence-corrected chi connectivity index (χ4v) is 5.81. The number of hydrogen-bond donors (Lipinski definition) is 1. The van der Waals surface area contributed by atoms with Gasteiger partial charge in [-0.05, 0) is 37.5 Å². The number of para-hydroxylation sites is 1. The molecule has 0 spiro atoms. The number of hydrogen-bond acceptors (Lipinski definition) is 4. The Hall–Kier alpha value is -1.37. The molecule has 0 amide bonds. The van der Waals surface area contributed by atoms with Gasteiger partial charge >= 0.3 is 0 Å². The van der Waals surface area contributed by atoms with Crippen LogP contribution >= 0.6 is 11.3 Å². The van der Waals surface area contributed by atoms with Gasteiger partial charge in [-0.2, -0.15) is 0 Å². The van der Waals surface area contributed by atoms with Crippen molar-refractivity contribution in [2.45, 2.75) is 37.0 Å². The lowest BCUT2D eigenvalue weighted by Crippen LogP contribution is -2.37. The number of anilines is 1. The van der Waals surface area contributed by atoms with E-state index in [1.807, 2.05) is 32.0 Å². The Balaban J connectivity index is 2.11. The number of nitrogens with zero attached hydrogens (tertiary/aromatic N) is 1. The van der Waals surface area contributed by atoms with Crippen LogP contribution in [0.2, 0.25) is 0 Å². The maximum Gasteiger partial charge on any atom is 0.273 e. The molecular weight excluding hydrogens is 318 g/mol. The predicted molar refractivity (Wildman–Crippen MR) is 89.0 cm³/mol. The molecule has 3 rings (SSSR count). The van der Waals surface area contributed by atoms with E-state index >= 15 is 0 Å². The van der Waals surface area contributed by atoms with Crippen molar-refractivity contribution in [2.24, 2.45) is 0 Å². The molecule has 1 aliphatic heterocycles. The Bertz CT molecular complexity index is 795. The zero-order valence-corrected chi connectivity index (χ0v) is 14.2. The summed E-state index contributed by atoms with van der Waals surface area (Å²) in [4.78, 5) is 1.06.